The minimum absolute atomic E-state index is 0.144. The quantitative estimate of drug-likeness (QED) is 0.882. The van der Waals surface area contributed by atoms with Crippen molar-refractivity contribution in [1.29, 1.82) is 0 Å². The van der Waals surface area contributed by atoms with Crippen LogP contribution in [0.15, 0.2) is 47.4 Å². The second-order valence-corrected chi connectivity index (χ2v) is 6.42. The molecule has 2 N–H and O–H groups in total. The van der Waals surface area contributed by atoms with Gasteiger partial charge in [0.25, 0.3) is 0 Å². The van der Waals surface area contributed by atoms with Gasteiger partial charge < -0.3 is 5.73 Å². The largest absolute Gasteiger partial charge is 0.399 e. The van der Waals surface area contributed by atoms with Gasteiger partial charge in [0.15, 0.2) is 9.84 Å². The Morgan fingerprint density at radius 3 is 2.45 bits per heavy atom. The number of nitrogen functional groups attached to an aromatic ring is 1. The van der Waals surface area contributed by atoms with Crippen LogP contribution in [-0.4, -0.2) is 14.2 Å². The van der Waals surface area contributed by atoms with Crippen LogP contribution in [0.25, 0.3) is 0 Å². The normalized spacial score (nSPS) is 11.5. The van der Waals surface area contributed by atoms with Crippen LogP contribution in [-0.2, 0) is 16.3 Å². The third kappa shape index (κ3) is 3.14. The van der Waals surface area contributed by atoms with E-state index in [9.17, 15) is 17.2 Å². The highest BCUT2D eigenvalue weighted by Gasteiger charge is 2.20. The zero-order valence-electron chi connectivity index (χ0n) is 10.5. The Kier molecular flexibility index (Phi) is 4.04. The standard InChI is InChI=1S/C14H13F2NO2S/c15-11-5-6-12(16)14(9-11)20(18,19)8-7-10-3-1-2-4-13(10)17/h1-6,9H,7-8,17H2. The molecule has 106 valence electrons. The van der Waals surface area contributed by atoms with E-state index in [1.807, 2.05) is 0 Å². The van der Waals surface area contributed by atoms with Crippen LogP contribution < -0.4 is 5.73 Å². The first-order chi connectivity index (χ1) is 9.40. The van der Waals surface area contributed by atoms with Crippen molar-refractivity contribution in [3.05, 3.63) is 59.7 Å². The maximum absolute atomic E-state index is 13.5. The SMILES string of the molecule is Nc1ccccc1CCS(=O)(=O)c1cc(F)ccc1F. The van der Waals surface area contributed by atoms with E-state index in [2.05, 4.69) is 0 Å². The number of benzene rings is 2. The lowest BCUT2D eigenvalue weighted by atomic mass is 10.1. The van der Waals surface area contributed by atoms with Crippen LogP contribution in [0.4, 0.5) is 14.5 Å². The van der Waals surface area contributed by atoms with Gasteiger partial charge in [-0.2, -0.15) is 0 Å². The van der Waals surface area contributed by atoms with Crippen molar-refractivity contribution in [3.63, 3.8) is 0 Å². The number of halogens is 2. The molecule has 2 aromatic carbocycles. The molecule has 0 aliphatic carbocycles. The van der Waals surface area contributed by atoms with E-state index < -0.39 is 26.4 Å². The highest BCUT2D eigenvalue weighted by molar-refractivity contribution is 7.91. The van der Waals surface area contributed by atoms with E-state index in [0.717, 1.165) is 12.1 Å². The Morgan fingerprint density at radius 2 is 1.75 bits per heavy atom. The van der Waals surface area contributed by atoms with Crippen LogP contribution in [0.5, 0.6) is 0 Å². The first kappa shape index (κ1) is 14.5. The molecule has 0 fully saturated rings. The number of nitrogens with two attached hydrogens (primary N) is 1. The summed E-state index contributed by atoms with van der Waals surface area (Å²) >= 11 is 0. The Morgan fingerprint density at radius 1 is 1.05 bits per heavy atom. The molecule has 0 spiro atoms. The van der Waals surface area contributed by atoms with E-state index in [0.29, 0.717) is 17.3 Å². The van der Waals surface area contributed by atoms with Crippen molar-refractivity contribution in [3.8, 4) is 0 Å². The van der Waals surface area contributed by atoms with Gasteiger partial charge >= 0.3 is 0 Å². The number of anilines is 1. The molecule has 0 bridgehead atoms. The number of sulfone groups is 1. The van der Waals surface area contributed by atoms with Gasteiger partial charge in [-0.3, -0.25) is 0 Å². The summed E-state index contributed by atoms with van der Waals surface area (Å²) in [5.74, 6) is -2.07. The molecule has 3 nitrogen and oxygen atoms in total. The van der Waals surface area contributed by atoms with Gasteiger partial charge in [-0.1, -0.05) is 18.2 Å². The van der Waals surface area contributed by atoms with Crippen molar-refractivity contribution in [1.82, 2.24) is 0 Å². The first-order valence-corrected chi connectivity index (χ1v) is 7.56. The lowest BCUT2D eigenvalue weighted by Crippen LogP contribution is -2.12. The average molecular weight is 297 g/mol. The van der Waals surface area contributed by atoms with Gasteiger partial charge in [-0.15, -0.1) is 0 Å². The van der Waals surface area contributed by atoms with Crippen molar-refractivity contribution in [2.45, 2.75) is 11.3 Å². The molecule has 0 aliphatic heterocycles. The molecule has 2 rings (SSSR count). The van der Waals surface area contributed by atoms with Gasteiger partial charge in [-0.05, 0) is 36.2 Å². The van der Waals surface area contributed by atoms with Crippen LogP contribution in [0.2, 0.25) is 0 Å². The minimum Gasteiger partial charge on any atom is -0.399 e. The molecule has 6 heteroatoms. The number of para-hydroxylation sites is 1. The monoisotopic (exact) mass is 297 g/mol. The van der Waals surface area contributed by atoms with Crippen molar-refractivity contribution >= 4 is 15.5 Å². The minimum atomic E-state index is -3.90. The van der Waals surface area contributed by atoms with Crippen molar-refractivity contribution < 1.29 is 17.2 Å². The van der Waals surface area contributed by atoms with E-state index in [-0.39, 0.29) is 12.2 Å². The predicted molar refractivity (Wildman–Crippen MR) is 73.0 cm³/mol. The smallest absolute Gasteiger partial charge is 0.181 e. The second kappa shape index (κ2) is 5.58. The summed E-state index contributed by atoms with van der Waals surface area (Å²) in [6, 6.07) is 9.21. The predicted octanol–water partition coefficient (Wildman–Crippen LogP) is 2.56. The van der Waals surface area contributed by atoms with Gasteiger partial charge in [0.1, 0.15) is 16.5 Å². The maximum atomic E-state index is 13.5. The average Bonchev–Trinajstić information content (AvgIpc) is 2.40. The molecular formula is C14H13F2NO2S. The Balaban J connectivity index is 2.24. The molecule has 0 aromatic heterocycles. The molecule has 0 radical (unpaired) electrons. The summed E-state index contributed by atoms with van der Waals surface area (Å²) in [6.07, 6.45) is 0.144. The van der Waals surface area contributed by atoms with Gasteiger partial charge in [0.05, 0.1) is 5.75 Å². The topological polar surface area (TPSA) is 60.2 Å². The number of rotatable bonds is 4. The lowest BCUT2D eigenvalue weighted by Gasteiger charge is -2.07. The number of hydrogen-bond donors (Lipinski definition) is 1. The molecule has 0 aliphatic rings. The Hall–Kier alpha value is -1.95. The lowest BCUT2D eigenvalue weighted by molar-refractivity contribution is 0.553. The fraction of sp³-hybridized carbons (Fsp3) is 0.143. The van der Waals surface area contributed by atoms with Crippen LogP contribution >= 0.6 is 0 Å². The molecular weight excluding hydrogens is 284 g/mol. The van der Waals surface area contributed by atoms with Crippen LogP contribution in [0.3, 0.4) is 0 Å². The first-order valence-electron chi connectivity index (χ1n) is 5.91. The van der Waals surface area contributed by atoms with Crippen LogP contribution in [0.1, 0.15) is 5.56 Å². The number of aryl methyl sites for hydroxylation is 1. The second-order valence-electron chi connectivity index (χ2n) is 4.34. The fourth-order valence-corrected chi connectivity index (χ4v) is 3.20. The van der Waals surface area contributed by atoms with Crippen molar-refractivity contribution in [2.24, 2.45) is 0 Å². The Labute approximate surface area is 116 Å². The fourth-order valence-electron chi connectivity index (χ4n) is 1.83. The van der Waals surface area contributed by atoms with Gasteiger partial charge in [0, 0.05) is 5.69 Å². The molecule has 20 heavy (non-hydrogen) atoms. The summed E-state index contributed by atoms with van der Waals surface area (Å²) in [4.78, 5) is -0.619. The van der Waals surface area contributed by atoms with E-state index in [1.54, 1.807) is 24.3 Å². The summed E-state index contributed by atoms with van der Waals surface area (Å²) in [5.41, 5.74) is 6.85. The summed E-state index contributed by atoms with van der Waals surface area (Å²) in [5, 5.41) is 0. The molecule has 0 unspecified atom stereocenters. The van der Waals surface area contributed by atoms with Gasteiger partial charge in [-0.25, -0.2) is 17.2 Å². The molecule has 0 saturated heterocycles. The Bertz CT molecular complexity index is 730. The summed E-state index contributed by atoms with van der Waals surface area (Å²) in [7, 11) is -3.90. The van der Waals surface area contributed by atoms with E-state index >= 15 is 0 Å². The third-order valence-electron chi connectivity index (χ3n) is 2.92. The maximum Gasteiger partial charge on any atom is 0.181 e. The zero-order chi connectivity index (χ0) is 14.8. The molecule has 0 heterocycles. The molecule has 0 atom stereocenters. The molecule has 0 amide bonds. The van der Waals surface area contributed by atoms with Gasteiger partial charge in [0.2, 0.25) is 0 Å². The third-order valence-corrected chi connectivity index (χ3v) is 4.65. The van der Waals surface area contributed by atoms with Crippen molar-refractivity contribution in [2.75, 3.05) is 11.5 Å². The van der Waals surface area contributed by atoms with E-state index in [1.165, 1.54) is 0 Å². The van der Waals surface area contributed by atoms with E-state index in [4.69, 9.17) is 5.73 Å². The zero-order valence-corrected chi connectivity index (χ0v) is 11.3. The highest BCUT2D eigenvalue weighted by atomic mass is 32.2. The summed E-state index contributed by atoms with van der Waals surface area (Å²) in [6.45, 7) is 0. The number of hydrogen-bond acceptors (Lipinski definition) is 3. The highest BCUT2D eigenvalue weighted by Crippen LogP contribution is 2.19. The molecule has 0 saturated carbocycles. The van der Waals surface area contributed by atoms with Crippen LogP contribution in [0, 0.1) is 11.6 Å². The molecule has 2 aromatic rings. The summed E-state index contributed by atoms with van der Waals surface area (Å²) < 4.78 is 50.6.